The lowest BCUT2D eigenvalue weighted by Crippen LogP contribution is -2.07. The van der Waals surface area contributed by atoms with Crippen LogP contribution in [0, 0.1) is 6.92 Å². The Labute approximate surface area is 81.4 Å². The first kappa shape index (κ1) is 9.59. The third-order valence-corrected chi connectivity index (χ3v) is 2.74. The summed E-state index contributed by atoms with van der Waals surface area (Å²) in [6.07, 6.45) is -1.10. The van der Waals surface area contributed by atoms with E-state index in [2.05, 4.69) is 0 Å². The molecule has 1 nitrogen and oxygen atoms in total. The summed E-state index contributed by atoms with van der Waals surface area (Å²) < 4.78 is 24.8. The van der Waals surface area contributed by atoms with Crippen molar-refractivity contribution in [3.63, 3.8) is 0 Å². The fourth-order valence-electron chi connectivity index (χ4n) is 1.66. The summed E-state index contributed by atoms with van der Waals surface area (Å²) in [7, 11) is 0. The second-order valence-corrected chi connectivity index (χ2v) is 3.91. The molecule has 0 heterocycles. The average molecular weight is 198 g/mol. The molecule has 0 bridgehead atoms. The Balaban J connectivity index is 2.43. The predicted molar refractivity (Wildman–Crippen MR) is 49.3 cm³/mol. The fourth-order valence-corrected chi connectivity index (χ4v) is 1.66. The van der Waals surface area contributed by atoms with Crippen LogP contribution >= 0.6 is 0 Å². The number of hydrogen-bond acceptors (Lipinski definition) is 1. The van der Waals surface area contributed by atoms with Crippen molar-refractivity contribution in [2.45, 2.75) is 31.8 Å². The molecule has 76 valence electrons. The molecule has 0 aromatic heterocycles. The van der Waals surface area contributed by atoms with Crippen LogP contribution in [-0.4, -0.2) is 5.11 Å². The number of rotatable bonds is 2. The molecule has 0 atom stereocenters. The molecule has 0 saturated heterocycles. The molecule has 3 heteroatoms. The van der Waals surface area contributed by atoms with E-state index in [1.54, 1.807) is 6.07 Å². The molecule has 0 unspecified atom stereocenters. The van der Waals surface area contributed by atoms with Crippen LogP contribution in [0.15, 0.2) is 18.2 Å². The maximum Gasteiger partial charge on any atom is 0.263 e. The molecule has 1 aliphatic carbocycles. The Morgan fingerprint density at radius 3 is 2.50 bits per heavy atom. The zero-order valence-corrected chi connectivity index (χ0v) is 7.93. The summed E-state index contributed by atoms with van der Waals surface area (Å²) in [5, 5.41) is 9.84. The number of aliphatic hydroxyl groups is 1. The molecule has 0 spiro atoms. The topological polar surface area (TPSA) is 20.2 Å². The highest BCUT2D eigenvalue weighted by molar-refractivity contribution is 5.38. The van der Waals surface area contributed by atoms with Crippen LogP contribution in [-0.2, 0) is 5.60 Å². The number of halogens is 2. The first-order valence-electron chi connectivity index (χ1n) is 4.64. The van der Waals surface area contributed by atoms with Crippen LogP contribution in [0.25, 0.3) is 0 Å². The molecule has 1 saturated carbocycles. The van der Waals surface area contributed by atoms with Crippen molar-refractivity contribution in [2.24, 2.45) is 0 Å². The molecular weight excluding hydrogens is 186 g/mol. The van der Waals surface area contributed by atoms with E-state index < -0.39 is 12.0 Å². The molecule has 1 fully saturated rings. The predicted octanol–water partition coefficient (Wildman–Crippen LogP) is 2.91. The van der Waals surface area contributed by atoms with Crippen molar-refractivity contribution in [1.29, 1.82) is 0 Å². The zero-order chi connectivity index (χ0) is 10.3. The number of benzene rings is 1. The molecule has 0 radical (unpaired) electrons. The van der Waals surface area contributed by atoms with Crippen LogP contribution in [0.2, 0.25) is 0 Å². The van der Waals surface area contributed by atoms with Gasteiger partial charge in [-0.05, 0) is 37.0 Å². The van der Waals surface area contributed by atoms with Gasteiger partial charge in [0, 0.05) is 5.56 Å². The number of hydrogen-bond donors (Lipinski definition) is 1. The fraction of sp³-hybridized carbons (Fsp3) is 0.455. The molecule has 0 amide bonds. The van der Waals surface area contributed by atoms with Gasteiger partial charge in [0.2, 0.25) is 0 Å². The minimum atomic E-state index is -2.46. The van der Waals surface area contributed by atoms with Gasteiger partial charge in [0.05, 0.1) is 5.60 Å². The van der Waals surface area contributed by atoms with E-state index in [4.69, 9.17) is 0 Å². The lowest BCUT2D eigenvalue weighted by atomic mass is 9.99. The maximum atomic E-state index is 12.4. The molecule has 1 aliphatic rings. The number of aryl methyl sites for hydroxylation is 1. The van der Waals surface area contributed by atoms with Gasteiger partial charge < -0.3 is 5.11 Å². The monoisotopic (exact) mass is 198 g/mol. The van der Waals surface area contributed by atoms with E-state index in [0.717, 1.165) is 5.56 Å². The summed E-state index contributed by atoms with van der Waals surface area (Å²) in [6.45, 7) is 1.83. The Morgan fingerprint density at radius 2 is 2.00 bits per heavy atom. The molecule has 0 aliphatic heterocycles. The molecular formula is C11H12F2O. The molecule has 14 heavy (non-hydrogen) atoms. The highest BCUT2D eigenvalue weighted by atomic mass is 19.3. The first-order valence-corrected chi connectivity index (χ1v) is 4.64. The van der Waals surface area contributed by atoms with E-state index in [9.17, 15) is 13.9 Å². The van der Waals surface area contributed by atoms with Crippen molar-refractivity contribution in [2.75, 3.05) is 0 Å². The van der Waals surface area contributed by atoms with Gasteiger partial charge in [0.15, 0.2) is 0 Å². The summed E-state index contributed by atoms with van der Waals surface area (Å²) in [4.78, 5) is 0. The third kappa shape index (κ3) is 1.52. The van der Waals surface area contributed by atoms with Crippen molar-refractivity contribution >= 4 is 0 Å². The van der Waals surface area contributed by atoms with E-state index in [1.165, 1.54) is 12.1 Å². The Kier molecular flexibility index (Phi) is 2.07. The van der Waals surface area contributed by atoms with Crippen LogP contribution < -0.4 is 0 Å². The Morgan fingerprint density at radius 1 is 1.36 bits per heavy atom. The van der Waals surface area contributed by atoms with E-state index in [-0.39, 0.29) is 5.56 Å². The quantitative estimate of drug-likeness (QED) is 0.774. The lowest BCUT2D eigenvalue weighted by Gasteiger charge is -2.13. The van der Waals surface area contributed by atoms with Gasteiger partial charge in [-0.25, -0.2) is 8.78 Å². The van der Waals surface area contributed by atoms with Crippen LogP contribution in [0.1, 0.15) is 36.0 Å². The van der Waals surface area contributed by atoms with Crippen LogP contribution in [0.3, 0.4) is 0 Å². The average Bonchev–Trinajstić information content (AvgIpc) is 2.85. The molecule has 1 N–H and O–H groups in total. The summed E-state index contributed by atoms with van der Waals surface area (Å²) in [5.74, 6) is 0. The Hall–Kier alpha value is -0.960. The van der Waals surface area contributed by atoms with Gasteiger partial charge in [-0.15, -0.1) is 0 Å². The van der Waals surface area contributed by atoms with Gasteiger partial charge in [0.25, 0.3) is 6.43 Å². The summed E-state index contributed by atoms with van der Waals surface area (Å²) in [6, 6.07) is 4.48. The smallest absolute Gasteiger partial charge is 0.263 e. The van der Waals surface area contributed by atoms with E-state index in [1.807, 2.05) is 6.92 Å². The Bertz CT molecular complexity index is 356. The third-order valence-electron chi connectivity index (χ3n) is 2.74. The number of alkyl halides is 2. The highest BCUT2D eigenvalue weighted by Gasteiger charge is 2.43. The second-order valence-electron chi connectivity index (χ2n) is 3.91. The zero-order valence-electron chi connectivity index (χ0n) is 7.93. The van der Waals surface area contributed by atoms with E-state index in [0.29, 0.717) is 18.4 Å². The van der Waals surface area contributed by atoms with Gasteiger partial charge >= 0.3 is 0 Å². The van der Waals surface area contributed by atoms with Crippen molar-refractivity contribution < 1.29 is 13.9 Å². The van der Waals surface area contributed by atoms with Crippen molar-refractivity contribution in [1.82, 2.24) is 0 Å². The molecule has 2 rings (SSSR count). The summed E-state index contributed by atoms with van der Waals surface area (Å²) >= 11 is 0. The standard InChI is InChI=1S/C11H12F2O/c1-7-2-3-8(10(12)13)6-9(7)11(14)4-5-11/h2-3,6,10,14H,4-5H2,1H3. The van der Waals surface area contributed by atoms with Crippen LogP contribution in [0.5, 0.6) is 0 Å². The van der Waals surface area contributed by atoms with Crippen molar-refractivity contribution in [3.05, 3.63) is 34.9 Å². The van der Waals surface area contributed by atoms with Gasteiger partial charge in [-0.1, -0.05) is 12.1 Å². The van der Waals surface area contributed by atoms with E-state index >= 15 is 0 Å². The largest absolute Gasteiger partial charge is 0.385 e. The normalized spacial score (nSPS) is 18.6. The SMILES string of the molecule is Cc1ccc(C(F)F)cc1C1(O)CC1. The maximum absolute atomic E-state index is 12.4. The minimum Gasteiger partial charge on any atom is -0.385 e. The highest BCUT2D eigenvalue weighted by Crippen LogP contribution is 2.47. The minimum absolute atomic E-state index is 0.00840. The lowest BCUT2D eigenvalue weighted by molar-refractivity contribution is 0.144. The summed E-state index contributed by atoms with van der Waals surface area (Å²) in [5.41, 5.74) is 0.713. The second kappa shape index (κ2) is 3.02. The first-order chi connectivity index (χ1) is 6.53. The van der Waals surface area contributed by atoms with Crippen LogP contribution in [0.4, 0.5) is 8.78 Å². The van der Waals surface area contributed by atoms with Gasteiger partial charge in [-0.2, -0.15) is 0 Å². The van der Waals surface area contributed by atoms with Gasteiger partial charge in [-0.3, -0.25) is 0 Å². The van der Waals surface area contributed by atoms with Crippen molar-refractivity contribution in [3.8, 4) is 0 Å². The van der Waals surface area contributed by atoms with Gasteiger partial charge in [0.1, 0.15) is 0 Å². The molecule has 1 aromatic carbocycles. The molecule has 1 aromatic rings.